The molecule has 40 heavy (non-hydrogen) atoms. The molecule has 0 bridgehead atoms. The topological polar surface area (TPSA) is 99.5 Å². The lowest BCUT2D eigenvalue weighted by Crippen LogP contribution is -2.32. The number of likely N-dealkylation sites (tertiary alicyclic amines) is 1. The van der Waals surface area contributed by atoms with Crippen molar-refractivity contribution in [3.8, 4) is 23.3 Å². The van der Waals surface area contributed by atoms with E-state index in [-0.39, 0.29) is 11.4 Å². The fourth-order valence-corrected chi connectivity index (χ4v) is 4.49. The van der Waals surface area contributed by atoms with Gasteiger partial charge in [0.25, 0.3) is 0 Å². The molecule has 10 heteroatoms. The Bertz CT molecular complexity index is 1560. The molecule has 2 heterocycles. The summed E-state index contributed by atoms with van der Waals surface area (Å²) in [4.78, 5) is 18.9. The number of benzene rings is 3. The van der Waals surface area contributed by atoms with E-state index in [0.29, 0.717) is 46.2 Å². The number of aromatic nitrogens is 1. The molecule has 0 radical (unpaired) electrons. The largest absolute Gasteiger partial charge is 0.492 e. The molecule has 2 N–H and O–H groups in total. The first-order valence-corrected chi connectivity index (χ1v) is 12.8. The number of rotatable bonds is 7. The van der Waals surface area contributed by atoms with E-state index in [4.69, 9.17) is 9.47 Å². The van der Waals surface area contributed by atoms with E-state index in [1.165, 1.54) is 36.4 Å². The lowest BCUT2D eigenvalue weighted by atomic mass is 9.98. The van der Waals surface area contributed by atoms with Crippen LogP contribution in [0.15, 0.2) is 66.9 Å². The molecule has 1 aliphatic heterocycles. The molecule has 0 spiro atoms. The number of ether oxygens (including phenoxy) is 2. The van der Waals surface area contributed by atoms with Gasteiger partial charge in [0, 0.05) is 29.4 Å². The van der Waals surface area contributed by atoms with Crippen LogP contribution >= 0.6 is 0 Å². The number of piperidine rings is 1. The number of urea groups is 1. The molecular weight excluding hydrogens is 516 g/mol. The molecule has 1 aliphatic rings. The van der Waals surface area contributed by atoms with E-state index in [2.05, 4.69) is 33.6 Å². The van der Waals surface area contributed by atoms with Gasteiger partial charge in [-0.05, 0) is 87.4 Å². The molecule has 2 amide bonds. The third-order valence-corrected chi connectivity index (χ3v) is 6.75. The molecule has 0 unspecified atom stereocenters. The maximum absolute atomic E-state index is 14.8. The molecule has 204 valence electrons. The van der Waals surface area contributed by atoms with Gasteiger partial charge >= 0.3 is 6.03 Å². The Morgan fingerprint density at radius 2 is 1.82 bits per heavy atom. The van der Waals surface area contributed by atoms with Gasteiger partial charge in [-0.2, -0.15) is 5.26 Å². The van der Waals surface area contributed by atoms with Gasteiger partial charge < -0.3 is 25.0 Å². The number of nitrogens with zero attached hydrogens (tertiary/aromatic N) is 3. The minimum absolute atomic E-state index is 0.0651. The number of carbonyl (C=O) groups excluding carboxylic acids is 1. The van der Waals surface area contributed by atoms with E-state index < -0.39 is 17.7 Å². The lowest BCUT2D eigenvalue weighted by molar-refractivity contribution is 0.160. The first-order valence-electron chi connectivity index (χ1n) is 12.8. The third kappa shape index (κ3) is 6.45. The molecule has 0 atom stereocenters. The Hall–Kier alpha value is -4.75. The van der Waals surface area contributed by atoms with Crippen molar-refractivity contribution in [2.45, 2.75) is 12.8 Å². The molecule has 4 aromatic rings. The molecule has 8 nitrogen and oxygen atoms in total. The highest BCUT2D eigenvalue weighted by Crippen LogP contribution is 2.34. The smallest absolute Gasteiger partial charge is 0.323 e. The van der Waals surface area contributed by atoms with Crippen molar-refractivity contribution in [2.24, 2.45) is 5.92 Å². The summed E-state index contributed by atoms with van der Waals surface area (Å²) in [6.45, 7) is 2.59. The predicted octanol–water partition coefficient (Wildman–Crippen LogP) is 6.54. The van der Waals surface area contributed by atoms with E-state index in [1.54, 1.807) is 24.4 Å². The second kappa shape index (κ2) is 12.0. The van der Waals surface area contributed by atoms with Crippen molar-refractivity contribution < 1.29 is 23.0 Å². The zero-order chi connectivity index (χ0) is 28.1. The highest BCUT2D eigenvalue weighted by molar-refractivity contribution is 5.99. The van der Waals surface area contributed by atoms with E-state index >= 15 is 0 Å². The summed E-state index contributed by atoms with van der Waals surface area (Å²) in [6.07, 6.45) is 3.66. The number of halogens is 2. The number of anilines is 2. The average molecular weight is 544 g/mol. The van der Waals surface area contributed by atoms with Crippen LogP contribution in [0.5, 0.6) is 17.2 Å². The maximum Gasteiger partial charge on any atom is 0.323 e. The van der Waals surface area contributed by atoms with Crippen LogP contribution in [0.2, 0.25) is 0 Å². The van der Waals surface area contributed by atoms with Crippen LogP contribution in [-0.4, -0.2) is 42.7 Å². The van der Waals surface area contributed by atoms with Gasteiger partial charge in [0.1, 0.15) is 35.0 Å². The second-order valence-electron chi connectivity index (χ2n) is 9.67. The minimum Gasteiger partial charge on any atom is -0.492 e. The van der Waals surface area contributed by atoms with Gasteiger partial charge in [0.05, 0.1) is 23.4 Å². The first-order chi connectivity index (χ1) is 19.4. The number of fused-ring (bicyclic) bond motifs is 1. The lowest BCUT2D eigenvalue weighted by Gasteiger charge is -2.28. The van der Waals surface area contributed by atoms with Crippen molar-refractivity contribution in [1.82, 2.24) is 9.88 Å². The predicted molar refractivity (Wildman–Crippen MR) is 148 cm³/mol. The summed E-state index contributed by atoms with van der Waals surface area (Å²) >= 11 is 0. The molecule has 0 saturated carbocycles. The molecular formula is C30H27F2N5O3. The van der Waals surface area contributed by atoms with Crippen molar-refractivity contribution in [3.05, 3.63) is 84.1 Å². The van der Waals surface area contributed by atoms with E-state index in [9.17, 15) is 18.8 Å². The Morgan fingerprint density at radius 3 is 2.55 bits per heavy atom. The zero-order valence-corrected chi connectivity index (χ0v) is 21.8. The van der Waals surface area contributed by atoms with Crippen LogP contribution in [-0.2, 0) is 0 Å². The number of hydrogen-bond donors (Lipinski definition) is 2. The minimum atomic E-state index is -0.715. The van der Waals surface area contributed by atoms with Crippen molar-refractivity contribution in [2.75, 3.05) is 37.4 Å². The highest BCUT2D eigenvalue weighted by atomic mass is 19.1. The van der Waals surface area contributed by atoms with Crippen LogP contribution in [0, 0.1) is 28.9 Å². The quantitative estimate of drug-likeness (QED) is 0.275. The summed E-state index contributed by atoms with van der Waals surface area (Å²) < 4.78 is 39.8. The Morgan fingerprint density at radius 1 is 1.05 bits per heavy atom. The highest BCUT2D eigenvalue weighted by Gasteiger charge is 2.19. The number of amides is 2. The van der Waals surface area contributed by atoms with Gasteiger partial charge in [0.15, 0.2) is 0 Å². The molecule has 0 aliphatic carbocycles. The van der Waals surface area contributed by atoms with Crippen molar-refractivity contribution >= 4 is 28.3 Å². The van der Waals surface area contributed by atoms with Crippen molar-refractivity contribution in [1.29, 1.82) is 5.26 Å². The summed E-state index contributed by atoms with van der Waals surface area (Å²) in [5.41, 5.74) is 1.22. The molecule has 1 saturated heterocycles. The average Bonchev–Trinajstić information content (AvgIpc) is 2.95. The zero-order valence-electron chi connectivity index (χ0n) is 21.8. The molecule has 1 fully saturated rings. The fraction of sp³-hybridized carbons (Fsp3) is 0.233. The number of nitrogens with one attached hydrogen (secondary N) is 2. The molecule has 1 aromatic heterocycles. The summed E-state index contributed by atoms with van der Waals surface area (Å²) in [7, 11) is 2.11. The number of carbonyl (C=O) groups is 1. The Balaban J connectivity index is 1.28. The Labute approximate surface area is 230 Å². The van der Waals surface area contributed by atoms with Crippen LogP contribution in [0.4, 0.5) is 25.0 Å². The SMILES string of the molecule is CN1CCC(COc2cc3nccc(Oc4ccc(NC(=O)Nc5ccc(F)cc5)c(F)c4)c3cc2C#N)CC1. The second-order valence-corrected chi connectivity index (χ2v) is 9.67. The van der Waals surface area contributed by atoms with Crippen LogP contribution in [0.3, 0.4) is 0 Å². The van der Waals surface area contributed by atoms with Crippen LogP contribution in [0.25, 0.3) is 10.9 Å². The third-order valence-electron chi connectivity index (χ3n) is 6.75. The Kier molecular flexibility index (Phi) is 8.03. The molecule has 5 rings (SSSR count). The van der Waals surface area contributed by atoms with Gasteiger partial charge in [-0.25, -0.2) is 13.6 Å². The normalized spacial score (nSPS) is 13.9. The van der Waals surface area contributed by atoms with Crippen LogP contribution < -0.4 is 20.1 Å². The summed E-state index contributed by atoms with van der Waals surface area (Å²) in [6, 6.07) is 15.7. The van der Waals surface area contributed by atoms with Gasteiger partial charge in [-0.15, -0.1) is 0 Å². The molecule has 3 aromatic carbocycles. The number of nitriles is 1. The van der Waals surface area contributed by atoms with E-state index in [1.807, 2.05) is 0 Å². The first kappa shape index (κ1) is 26.8. The number of pyridine rings is 1. The fourth-order valence-electron chi connectivity index (χ4n) is 4.49. The monoisotopic (exact) mass is 543 g/mol. The van der Waals surface area contributed by atoms with E-state index in [0.717, 1.165) is 32.0 Å². The van der Waals surface area contributed by atoms with Crippen LogP contribution in [0.1, 0.15) is 18.4 Å². The maximum atomic E-state index is 14.8. The van der Waals surface area contributed by atoms with Gasteiger partial charge in [-0.3, -0.25) is 4.98 Å². The van der Waals surface area contributed by atoms with Gasteiger partial charge in [-0.1, -0.05) is 0 Å². The number of hydrogen-bond acceptors (Lipinski definition) is 6. The van der Waals surface area contributed by atoms with Gasteiger partial charge in [0.2, 0.25) is 0 Å². The summed E-state index contributed by atoms with van der Waals surface area (Å²) in [5, 5.41) is 15.3. The standard InChI is InChI=1S/C30H27F2N5O3/c1-37-12-9-19(10-13-37)18-39-29-16-27-24(14-20(29)17-33)28(8-11-34-27)40-23-6-7-26(25(32)15-23)36-30(38)35-22-4-2-21(31)3-5-22/h2-8,11,14-16,19H,9-10,12-13,18H2,1H3,(H2,35,36,38). The summed E-state index contributed by atoms with van der Waals surface area (Å²) in [5.74, 6) is 0.331. The van der Waals surface area contributed by atoms with Crippen molar-refractivity contribution in [3.63, 3.8) is 0 Å².